The number of rotatable bonds is 4. The Labute approximate surface area is 100 Å². The van der Waals surface area contributed by atoms with Crippen LogP contribution in [-0.2, 0) is 5.41 Å². The Morgan fingerprint density at radius 2 is 2.07 bits per heavy atom. The first-order chi connectivity index (χ1) is 6.97. The van der Waals surface area contributed by atoms with E-state index in [-0.39, 0.29) is 5.41 Å². The summed E-state index contributed by atoms with van der Waals surface area (Å²) in [5.41, 5.74) is 8.25. The highest BCUT2D eigenvalue weighted by Gasteiger charge is 2.21. The van der Waals surface area contributed by atoms with Gasteiger partial charge in [0.2, 0.25) is 0 Å². The van der Waals surface area contributed by atoms with Crippen LogP contribution in [0, 0.1) is 6.92 Å². The maximum atomic E-state index is 5.46. The van der Waals surface area contributed by atoms with Crippen LogP contribution in [0.5, 0.6) is 0 Å². The Kier molecular flexibility index (Phi) is 4.32. The SMILES string of the molecule is Cc1ccc(Br)cc1C(C)(C)CNCN. The van der Waals surface area contributed by atoms with Gasteiger partial charge in [0.25, 0.3) is 0 Å². The van der Waals surface area contributed by atoms with Gasteiger partial charge in [0.15, 0.2) is 0 Å². The van der Waals surface area contributed by atoms with Crippen molar-refractivity contribution in [1.82, 2.24) is 5.32 Å². The van der Waals surface area contributed by atoms with E-state index in [0.717, 1.165) is 11.0 Å². The van der Waals surface area contributed by atoms with Gasteiger partial charge in [0, 0.05) is 23.1 Å². The Morgan fingerprint density at radius 3 is 2.67 bits per heavy atom. The summed E-state index contributed by atoms with van der Waals surface area (Å²) in [6, 6.07) is 6.41. The van der Waals surface area contributed by atoms with Crippen LogP contribution in [0.2, 0.25) is 0 Å². The minimum atomic E-state index is 0.104. The molecule has 0 aliphatic carbocycles. The molecule has 0 aliphatic rings. The molecular weight excluding hydrogens is 252 g/mol. The van der Waals surface area contributed by atoms with Crippen LogP contribution in [0.15, 0.2) is 22.7 Å². The standard InChI is InChI=1S/C12H19BrN2/c1-9-4-5-10(13)6-11(9)12(2,3)7-15-8-14/h4-6,15H,7-8,14H2,1-3H3. The lowest BCUT2D eigenvalue weighted by Crippen LogP contribution is -2.36. The van der Waals surface area contributed by atoms with Crippen molar-refractivity contribution < 1.29 is 0 Å². The third-order valence-corrected chi connectivity index (χ3v) is 3.13. The van der Waals surface area contributed by atoms with Gasteiger partial charge in [-0.15, -0.1) is 0 Å². The van der Waals surface area contributed by atoms with E-state index in [1.807, 2.05) is 0 Å². The van der Waals surface area contributed by atoms with Crippen LogP contribution in [0.4, 0.5) is 0 Å². The highest BCUT2D eigenvalue weighted by molar-refractivity contribution is 9.10. The number of nitrogens with one attached hydrogen (secondary N) is 1. The first-order valence-electron chi connectivity index (χ1n) is 5.15. The number of aryl methyl sites for hydroxylation is 1. The van der Waals surface area contributed by atoms with E-state index >= 15 is 0 Å². The molecule has 84 valence electrons. The zero-order valence-corrected chi connectivity index (χ0v) is 11.2. The lowest BCUT2D eigenvalue weighted by atomic mass is 9.82. The average molecular weight is 271 g/mol. The summed E-state index contributed by atoms with van der Waals surface area (Å²) >= 11 is 3.51. The topological polar surface area (TPSA) is 38.0 Å². The molecule has 1 rings (SSSR count). The zero-order valence-electron chi connectivity index (χ0n) is 9.60. The predicted molar refractivity (Wildman–Crippen MR) is 69.0 cm³/mol. The summed E-state index contributed by atoms with van der Waals surface area (Å²) in [5, 5.41) is 3.20. The number of nitrogens with two attached hydrogens (primary N) is 1. The quantitative estimate of drug-likeness (QED) is 0.826. The van der Waals surface area contributed by atoms with Gasteiger partial charge in [-0.1, -0.05) is 35.8 Å². The number of benzene rings is 1. The van der Waals surface area contributed by atoms with Crippen molar-refractivity contribution in [1.29, 1.82) is 0 Å². The molecule has 0 saturated carbocycles. The number of hydrogen-bond acceptors (Lipinski definition) is 2. The third kappa shape index (κ3) is 3.30. The fraction of sp³-hybridized carbons (Fsp3) is 0.500. The molecule has 0 fully saturated rings. The van der Waals surface area contributed by atoms with Gasteiger partial charge >= 0.3 is 0 Å². The molecule has 0 aliphatic heterocycles. The number of hydrogen-bond donors (Lipinski definition) is 2. The molecule has 3 N–H and O–H groups in total. The second-order valence-electron chi connectivity index (χ2n) is 4.47. The van der Waals surface area contributed by atoms with Crippen LogP contribution in [0.25, 0.3) is 0 Å². The van der Waals surface area contributed by atoms with E-state index in [2.05, 4.69) is 60.2 Å². The van der Waals surface area contributed by atoms with Crippen molar-refractivity contribution in [2.75, 3.05) is 13.2 Å². The molecular formula is C12H19BrN2. The molecule has 0 amide bonds. The van der Waals surface area contributed by atoms with Gasteiger partial charge in [0.1, 0.15) is 0 Å². The summed E-state index contributed by atoms with van der Waals surface area (Å²) in [6.07, 6.45) is 0. The van der Waals surface area contributed by atoms with Gasteiger partial charge in [0.05, 0.1) is 0 Å². The number of halogens is 1. The largest absolute Gasteiger partial charge is 0.318 e. The molecule has 0 atom stereocenters. The molecule has 0 bridgehead atoms. The molecule has 15 heavy (non-hydrogen) atoms. The second kappa shape index (κ2) is 5.10. The van der Waals surface area contributed by atoms with Gasteiger partial charge in [-0.05, 0) is 30.2 Å². The molecule has 0 heterocycles. The fourth-order valence-corrected chi connectivity index (χ4v) is 2.16. The summed E-state index contributed by atoms with van der Waals surface area (Å²) in [6.45, 7) is 8.01. The molecule has 0 spiro atoms. The second-order valence-corrected chi connectivity index (χ2v) is 5.39. The van der Waals surface area contributed by atoms with Crippen molar-refractivity contribution in [2.24, 2.45) is 5.73 Å². The maximum Gasteiger partial charge on any atom is 0.0429 e. The molecule has 0 saturated heterocycles. The summed E-state index contributed by atoms with van der Waals surface area (Å²) in [7, 11) is 0. The Morgan fingerprint density at radius 1 is 1.40 bits per heavy atom. The van der Waals surface area contributed by atoms with Crippen LogP contribution in [0.3, 0.4) is 0 Å². The molecule has 2 nitrogen and oxygen atoms in total. The Hall–Kier alpha value is -0.380. The van der Waals surface area contributed by atoms with E-state index in [9.17, 15) is 0 Å². The van der Waals surface area contributed by atoms with Crippen molar-refractivity contribution in [3.63, 3.8) is 0 Å². The van der Waals surface area contributed by atoms with Gasteiger partial charge in [-0.3, -0.25) is 0 Å². The highest BCUT2D eigenvalue weighted by Crippen LogP contribution is 2.28. The smallest absolute Gasteiger partial charge is 0.0429 e. The molecule has 0 unspecified atom stereocenters. The minimum Gasteiger partial charge on any atom is -0.318 e. The van der Waals surface area contributed by atoms with Gasteiger partial charge in [-0.25, -0.2) is 0 Å². The molecule has 3 heteroatoms. The molecule has 1 aromatic rings. The fourth-order valence-electron chi connectivity index (χ4n) is 1.80. The van der Waals surface area contributed by atoms with Gasteiger partial charge in [-0.2, -0.15) is 0 Å². The van der Waals surface area contributed by atoms with Gasteiger partial charge < -0.3 is 11.1 Å². The van der Waals surface area contributed by atoms with Crippen molar-refractivity contribution in [3.05, 3.63) is 33.8 Å². The first-order valence-corrected chi connectivity index (χ1v) is 5.94. The highest BCUT2D eigenvalue weighted by atomic mass is 79.9. The first kappa shape index (κ1) is 12.7. The monoisotopic (exact) mass is 270 g/mol. The van der Waals surface area contributed by atoms with Crippen molar-refractivity contribution in [2.45, 2.75) is 26.2 Å². The molecule has 0 radical (unpaired) electrons. The predicted octanol–water partition coefficient (Wildman–Crippen LogP) is 2.54. The average Bonchev–Trinajstić information content (AvgIpc) is 2.18. The summed E-state index contributed by atoms with van der Waals surface area (Å²) in [4.78, 5) is 0. The van der Waals surface area contributed by atoms with Crippen LogP contribution in [0.1, 0.15) is 25.0 Å². The van der Waals surface area contributed by atoms with Crippen LogP contribution >= 0.6 is 15.9 Å². The summed E-state index contributed by atoms with van der Waals surface area (Å²) < 4.78 is 1.13. The van der Waals surface area contributed by atoms with Crippen molar-refractivity contribution >= 4 is 15.9 Å². The maximum absolute atomic E-state index is 5.46. The normalized spacial score (nSPS) is 11.8. The van der Waals surface area contributed by atoms with E-state index in [4.69, 9.17) is 5.73 Å². The Balaban J connectivity index is 2.97. The van der Waals surface area contributed by atoms with Crippen LogP contribution in [-0.4, -0.2) is 13.2 Å². The molecule has 0 aromatic heterocycles. The van der Waals surface area contributed by atoms with Crippen molar-refractivity contribution in [3.8, 4) is 0 Å². The van der Waals surface area contributed by atoms with E-state index in [0.29, 0.717) is 6.67 Å². The Bertz CT molecular complexity index is 334. The van der Waals surface area contributed by atoms with Crippen LogP contribution < -0.4 is 11.1 Å². The lowest BCUT2D eigenvalue weighted by molar-refractivity contribution is 0.472. The van der Waals surface area contributed by atoms with E-state index in [1.165, 1.54) is 11.1 Å². The zero-order chi connectivity index (χ0) is 11.5. The third-order valence-electron chi connectivity index (χ3n) is 2.64. The molecule has 1 aromatic carbocycles. The summed E-state index contributed by atoms with van der Waals surface area (Å²) in [5.74, 6) is 0. The minimum absolute atomic E-state index is 0.104. The van der Waals surface area contributed by atoms with E-state index in [1.54, 1.807) is 0 Å². The van der Waals surface area contributed by atoms with E-state index < -0.39 is 0 Å². The lowest BCUT2D eigenvalue weighted by Gasteiger charge is -2.27.